The number of nitrogens with two attached hydrogens (primary N) is 1. The maximum atomic E-state index is 12.1. The monoisotopic (exact) mass is 325 g/mol. The molecule has 1 aliphatic heterocycles. The molecule has 1 aliphatic rings. The topological polar surface area (TPSA) is 74.5 Å². The number of piperazine rings is 1. The van der Waals surface area contributed by atoms with Crippen molar-refractivity contribution in [3.8, 4) is 0 Å². The minimum absolute atomic E-state index is 0.134. The Morgan fingerprint density at radius 2 is 2.00 bits per heavy atom. The molecule has 24 heavy (non-hydrogen) atoms. The molecule has 1 amide bonds. The second-order valence-electron chi connectivity index (χ2n) is 6.12. The van der Waals surface area contributed by atoms with Gasteiger partial charge in [-0.15, -0.1) is 0 Å². The Hall–Kier alpha value is -2.60. The van der Waals surface area contributed by atoms with Crippen molar-refractivity contribution in [2.24, 2.45) is 0 Å². The predicted molar refractivity (Wildman–Crippen MR) is 96.0 cm³/mol. The summed E-state index contributed by atoms with van der Waals surface area (Å²) in [5.74, 6) is 0.861. The van der Waals surface area contributed by atoms with Gasteiger partial charge in [0.25, 0.3) is 5.91 Å². The van der Waals surface area contributed by atoms with Gasteiger partial charge in [0, 0.05) is 50.2 Å². The van der Waals surface area contributed by atoms with Crippen molar-refractivity contribution in [2.75, 3.05) is 43.9 Å². The van der Waals surface area contributed by atoms with Crippen molar-refractivity contribution in [1.29, 1.82) is 0 Å². The van der Waals surface area contributed by atoms with Crippen LogP contribution in [-0.4, -0.2) is 49.0 Å². The van der Waals surface area contributed by atoms with E-state index < -0.39 is 0 Å². The van der Waals surface area contributed by atoms with Crippen LogP contribution in [0.4, 0.5) is 11.5 Å². The Morgan fingerprint density at radius 3 is 2.67 bits per heavy atom. The number of aromatic nitrogens is 1. The van der Waals surface area contributed by atoms with Crippen LogP contribution in [0.25, 0.3) is 0 Å². The first-order chi connectivity index (χ1) is 11.6. The lowest BCUT2D eigenvalue weighted by atomic mass is 10.2. The highest BCUT2D eigenvalue weighted by Crippen LogP contribution is 2.14. The van der Waals surface area contributed by atoms with Crippen molar-refractivity contribution < 1.29 is 4.79 Å². The summed E-state index contributed by atoms with van der Waals surface area (Å²) in [6.45, 7) is 4.55. The highest BCUT2D eigenvalue weighted by Gasteiger charge is 2.15. The molecule has 1 aromatic carbocycles. The van der Waals surface area contributed by atoms with E-state index in [1.54, 1.807) is 24.3 Å². The van der Waals surface area contributed by atoms with Gasteiger partial charge >= 0.3 is 0 Å². The zero-order chi connectivity index (χ0) is 16.9. The zero-order valence-electron chi connectivity index (χ0n) is 13.9. The van der Waals surface area contributed by atoms with Gasteiger partial charge in [0.2, 0.25) is 0 Å². The fourth-order valence-electron chi connectivity index (χ4n) is 2.71. The molecule has 126 valence electrons. The molecule has 2 aromatic rings. The zero-order valence-corrected chi connectivity index (χ0v) is 13.9. The van der Waals surface area contributed by atoms with Crippen molar-refractivity contribution in [2.45, 2.75) is 6.54 Å². The molecule has 1 aromatic heterocycles. The number of rotatable bonds is 4. The molecule has 6 heteroatoms. The molecular weight excluding hydrogens is 302 g/mol. The number of anilines is 2. The van der Waals surface area contributed by atoms with Gasteiger partial charge in [-0.3, -0.25) is 4.79 Å². The van der Waals surface area contributed by atoms with Gasteiger partial charge in [0.05, 0.1) is 0 Å². The number of nitrogens with one attached hydrogen (secondary N) is 1. The first-order valence-electron chi connectivity index (χ1n) is 8.14. The minimum atomic E-state index is -0.134. The summed E-state index contributed by atoms with van der Waals surface area (Å²) in [7, 11) is 2.14. The fraction of sp³-hybridized carbons (Fsp3) is 0.333. The summed E-state index contributed by atoms with van der Waals surface area (Å²) in [5.41, 5.74) is 7.83. The van der Waals surface area contributed by atoms with E-state index in [-0.39, 0.29) is 5.91 Å². The molecule has 0 unspecified atom stereocenters. The molecule has 3 rings (SSSR count). The third-order valence-corrected chi connectivity index (χ3v) is 4.24. The van der Waals surface area contributed by atoms with Crippen molar-refractivity contribution in [3.05, 3.63) is 53.7 Å². The van der Waals surface area contributed by atoms with Gasteiger partial charge in [-0.1, -0.05) is 12.1 Å². The Balaban J connectivity index is 1.55. The molecule has 6 nitrogen and oxygen atoms in total. The first kappa shape index (κ1) is 16.3. The van der Waals surface area contributed by atoms with Gasteiger partial charge in [-0.2, -0.15) is 0 Å². The molecule has 1 saturated heterocycles. The number of carbonyl (C=O) groups is 1. The second kappa shape index (κ2) is 7.31. The van der Waals surface area contributed by atoms with E-state index in [2.05, 4.69) is 27.1 Å². The Kier molecular flexibility index (Phi) is 4.96. The molecule has 1 fully saturated rings. The molecule has 0 aliphatic carbocycles. The quantitative estimate of drug-likeness (QED) is 0.830. The van der Waals surface area contributed by atoms with Crippen molar-refractivity contribution >= 4 is 17.4 Å². The van der Waals surface area contributed by atoms with Gasteiger partial charge in [-0.05, 0) is 36.9 Å². The third kappa shape index (κ3) is 4.02. The number of amides is 1. The average Bonchev–Trinajstić information content (AvgIpc) is 2.61. The maximum absolute atomic E-state index is 12.1. The van der Waals surface area contributed by atoms with Crippen LogP contribution in [0.2, 0.25) is 0 Å². The Labute approximate surface area is 142 Å². The summed E-state index contributed by atoms with van der Waals surface area (Å²) in [5, 5.41) is 2.89. The number of carbonyl (C=O) groups excluding carboxylic acids is 1. The molecule has 3 N–H and O–H groups in total. The summed E-state index contributed by atoms with van der Waals surface area (Å²) in [6.07, 6.45) is 1.83. The predicted octanol–water partition coefficient (Wildman–Crippen LogP) is 1.35. The normalized spacial score (nSPS) is 15.3. The SMILES string of the molecule is CN1CCN(c2ccc(CNC(=O)c3cccc(N)c3)cn2)CC1. The van der Waals surface area contributed by atoms with Crippen LogP contribution in [0.15, 0.2) is 42.6 Å². The Bertz CT molecular complexity index is 693. The highest BCUT2D eigenvalue weighted by atomic mass is 16.1. The lowest BCUT2D eigenvalue weighted by Gasteiger charge is -2.33. The molecule has 0 bridgehead atoms. The second-order valence-corrected chi connectivity index (χ2v) is 6.12. The van der Waals surface area contributed by atoms with Crippen LogP contribution in [0.5, 0.6) is 0 Å². The maximum Gasteiger partial charge on any atom is 0.251 e. The van der Waals surface area contributed by atoms with Crippen LogP contribution in [0, 0.1) is 0 Å². The highest BCUT2D eigenvalue weighted by molar-refractivity contribution is 5.94. The van der Waals surface area contributed by atoms with E-state index in [0.717, 1.165) is 37.6 Å². The molecule has 0 atom stereocenters. The summed E-state index contributed by atoms with van der Waals surface area (Å²) in [6, 6.07) is 11.0. The van der Waals surface area contributed by atoms with E-state index in [4.69, 9.17) is 5.73 Å². The standard InChI is InChI=1S/C18H23N5O/c1-22-7-9-23(10-8-22)17-6-5-14(12-20-17)13-21-18(24)15-3-2-4-16(19)11-15/h2-6,11-12H,7-10,13,19H2,1H3,(H,21,24). The van der Waals surface area contributed by atoms with Crippen LogP contribution in [0.3, 0.4) is 0 Å². The third-order valence-electron chi connectivity index (χ3n) is 4.24. The van der Waals surface area contributed by atoms with E-state index in [1.165, 1.54) is 0 Å². The van der Waals surface area contributed by atoms with Gasteiger partial charge in [-0.25, -0.2) is 4.98 Å². The van der Waals surface area contributed by atoms with Crippen LogP contribution in [0.1, 0.15) is 15.9 Å². The molecular formula is C18H23N5O. The summed E-state index contributed by atoms with van der Waals surface area (Å²) >= 11 is 0. The van der Waals surface area contributed by atoms with E-state index in [1.807, 2.05) is 18.3 Å². The number of nitrogen functional groups attached to an aromatic ring is 1. The first-order valence-corrected chi connectivity index (χ1v) is 8.14. The minimum Gasteiger partial charge on any atom is -0.399 e. The lowest BCUT2D eigenvalue weighted by Crippen LogP contribution is -2.44. The van der Waals surface area contributed by atoms with Crippen molar-refractivity contribution in [1.82, 2.24) is 15.2 Å². The largest absolute Gasteiger partial charge is 0.399 e. The molecule has 0 saturated carbocycles. The van der Waals surface area contributed by atoms with Crippen molar-refractivity contribution in [3.63, 3.8) is 0 Å². The fourth-order valence-corrected chi connectivity index (χ4v) is 2.71. The van der Waals surface area contributed by atoms with Crippen LogP contribution >= 0.6 is 0 Å². The molecule has 0 spiro atoms. The van der Waals surface area contributed by atoms with E-state index in [0.29, 0.717) is 17.8 Å². The van der Waals surface area contributed by atoms with E-state index in [9.17, 15) is 4.79 Å². The summed E-state index contributed by atoms with van der Waals surface area (Å²) < 4.78 is 0. The molecule has 0 radical (unpaired) electrons. The molecule has 2 heterocycles. The lowest BCUT2D eigenvalue weighted by molar-refractivity contribution is 0.0951. The number of hydrogen-bond acceptors (Lipinski definition) is 5. The van der Waals surface area contributed by atoms with Gasteiger partial charge in [0.1, 0.15) is 5.82 Å². The number of benzene rings is 1. The van der Waals surface area contributed by atoms with Gasteiger partial charge < -0.3 is 20.9 Å². The number of hydrogen-bond donors (Lipinski definition) is 2. The van der Waals surface area contributed by atoms with Crippen LogP contribution < -0.4 is 16.0 Å². The number of likely N-dealkylation sites (N-methyl/N-ethyl adjacent to an activating group) is 1. The smallest absolute Gasteiger partial charge is 0.251 e. The Morgan fingerprint density at radius 1 is 1.21 bits per heavy atom. The van der Waals surface area contributed by atoms with Gasteiger partial charge in [0.15, 0.2) is 0 Å². The van der Waals surface area contributed by atoms with Crippen LogP contribution in [-0.2, 0) is 6.54 Å². The number of nitrogens with zero attached hydrogens (tertiary/aromatic N) is 3. The summed E-state index contributed by atoms with van der Waals surface area (Å²) in [4.78, 5) is 21.2. The number of pyridine rings is 1. The average molecular weight is 325 g/mol. The van der Waals surface area contributed by atoms with E-state index >= 15 is 0 Å².